The summed E-state index contributed by atoms with van der Waals surface area (Å²) in [7, 11) is 0. The summed E-state index contributed by atoms with van der Waals surface area (Å²) >= 11 is 4.40. The van der Waals surface area contributed by atoms with E-state index in [2.05, 4.69) is 31.0 Å². The molecule has 0 radical (unpaired) electrons. The van der Waals surface area contributed by atoms with Crippen LogP contribution in [0.25, 0.3) is 0 Å². The molecule has 0 saturated heterocycles. The van der Waals surface area contributed by atoms with Crippen molar-refractivity contribution in [1.29, 1.82) is 0 Å². The Morgan fingerprint density at radius 3 is 1.38 bits per heavy atom. The number of hydrogen-bond donors (Lipinski definition) is 4. The summed E-state index contributed by atoms with van der Waals surface area (Å²) < 4.78 is 88.5. The number of carbonyl (C=O) groups excluding carboxylic acids is 2. The fraction of sp³-hybridized carbons (Fsp3) is 0.280. The van der Waals surface area contributed by atoms with E-state index in [9.17, 15) is 46.1 Å². The molecule has 45 heavy (non-hydrogen) atoms. The highest BCUT2D eigenvalue weighted by Gasteiger charge is 2.72. The second kappa shape index (κ2) is 13.4. The van der Waals surface area contributed by atoms with Crippen LogP contribution in [0.4, 0.5) is 37.7 Å². The Morgan fingerprint density at radius 1 is 0.711 bits per heavy atom. The van der Waals surface area contributed by atoms with Crippen LogP contribution in [0, 0.1) is 13.8 Å². The number of alkyl halides is 6. The van der Waals surface area contributed by atoms with Crippen LogP contribution in [0.3, 0.4) is 0 Å². The summed E-state index contributed by atoms with van der Waals surface area (Å²) in [6.45, 7) is 3.39. The van der Waals surface area contributed by atoms with Crippen LogP contribution in [-0.2, 0) is 15.0 Å². The van der Waals surface area contributed by atoms with Gasteiger partial charge in [0.2, 0.25) is 17.2 Å². The predicted molar refractivity (Wildman–Crippen MR) is 157 cm³/mol. The maximum Gasteiger partial charge on any atom is 0.411 e. The summed E-state index contributed by atoms with van der Waals surface area (Å²) in [6.07, 6.45) is -12.1. The van der Waals surface area contributed by atoms with Gasteiger partial charge in [-0.1, -0.05) is 58.3 Å². The van der Waals surface area contributed by atoms with Gasteiger partial charge in [-0.25, -0.2) is 0 Å². The van der Waals surface area contributed by atoms with Crippen molar-refractivity contribution in [2.75, 3.05) is 22.1 Å². The number of hydrogen-bond acceptors (Lipinski definition) is 12. The average molecular weight is 711 g/mol. The molecule has 2 aromatic carbocycles. The molecule has 240 valence electrons. The van der Waals surface area contributed by atoms with Gasteiger partial charge < -0.3 is 20.8 Å². The Hall–Kier alpha value is -3.62. The number of anilines is 2. The number of rotatable bonds is 10. The molecule has 4 rings (SSSR count). The maximum atomic E-state index is 14.6. The minimum atomic E-state index is -6.04. The highest BCUT2D eigenvalue weighted by Crippen LogP contribution is 2.57. The molecular weight excluding hydrogens is 691 g/mol. The lowest BCUT2D eigenvalue weighted by Gasteiger charge is -2.38. The van der Waals surface area contributed by atoms with Gasteiger partial charge in [0.05, 0.1) is 22.9 Å². The first kappa shape index (κ1) is 34.3. The quantitative estimate of drug-likeness (QED) is 0.0840. The van der Waals surface area contributed by atoms with Crippen molar-refractivity contribution in [2.45, 2.75) is 40.3 Å². The second-order valence-corrected chi connectivity index (χ2v) is 13.9. The van der Waals surface area contributed by atoms with Crippen molar-refractivity contribution in [2.24, 2.45) is 0 Å². The number of carbonyl (C=O) groups is 2. The van der Waals surface area contributed by atoms with E-state index in [1.165, 1.54) is 22.7 Å². The number of halogens is 6. The number of aromatic nitrogens is 4. The number of nitrogens with zero attached hydrogens (tertiary/aromatic N) is 4. The molecule has 0 aliphatic rings. The SMILES string of the molecule is Cc1nnc(SCC(=O)Nc2ccc(C(c3ccc(NC(=O)CSc4nnc(C)s4)c(O)c3)(C(F)(F)F)C(F)(F)F)cc2O)s1. The van der Waals surface area contributed by atoms with E-state index >= 15 is 0 Å². The molecule has 0 fully saturated rings. The van der Waals surface area contributed by atoms with Gasteiger partial charge >= 0.3 is 12.4 Å². The molecule has 10 nitrogen and oxygen atoms in total. The van der Waals surface area contributed by atoms with Gasteiger partial charge in [-0.05, 0) is 49.2 Å². The summed E-state index contributed by atoms with van der Waals surface area (Å²) in [4.78, 5) is 24.6. The zero-order valence-corrected chi connectivity index (χ0v) is 26.0. The van der Waals surface area contributed by atoms with Crippen LogP contribution in [0.5, 0.6) is 11.5 Å². The fourth-order valence-electron chi connectivity index (χ4n) is 4.02. The zero-order chi connectivity index (χ0) is 33.2. The van der Waals surface area contributed by atoms with Crippen LogP contribution >= 0.6 is 46.2 Å². The molecule has 2 aromatic heterocycles. The lowest BCUT2D eigenvalue weighted by molar-refractivity contribution is -0.288. The number of phenols is 2. The largest absolute Gasteiger partial charge is 0.506 e. The van der Waals surface area contributed by atoms with Crippen LogP contribution in [-0.4, -0.2) is 66.3 Å². The Labute approximate surface area is 266 Å². The van der Waals surface area contributed by atoms with E-state index in [-0.39, 0.29) is 23.6 Å². The molecule has 4 N–H and O–H groups in total. The van der Waals surface area contributed by atoms with Gasteiger partial charge in [0.25, 0.3) is 0 Å². The molecule has 2 heterocycles. The smallest absolute Gasteiger partial charge is 0.411 e. The first-order chi connectivity index (χ1) is 21.0. The molecule has 0 saturated carbocycles. The number of nitrogens with one attached hydrogen (secondary N) is 2. The van der Waals surface area contributed by atoms with E-state index in [0.29, 0.717) is 43.0 Å². The highest BCUT2D eigenvalue weighted by molar-refractivity contribution is 8.01. The number of aromatic hydroxyl groups is 2. The van der Waals surface area contributed by atoms with Crippen molar-refractivity contribution < 1.29 is 46.1 Å². The van der Waals surface area contributed by atoms with Gasteiger partial charge in [0.15, 0.2) is 8.68 Å². The first-order valence-corrected chi connectivity index (χ1v) is 15.9. The minimum Gasteiger partial charge on any atom is -0.506 e. The molecule has 4 aromatic rings. The molecular formula is C25H20F6N6O4S4. The third-order valence-electron chi connectivity index (χ3n) is 5.93. The molecule has 0 unspecified atom stereocenters. The first-order valence-electron chi connectivity index (χ1n) is 12.3. The van der Waals surface area contributed by atoms with Gasteiger partial charge in [-0.2, -0.15) is 26.3 Å². The van der Waals surface area contributed by atoms with Crippen molar-refractivity contribution in [3.05, 3.63) is 57.5 Å². The predicted octanol–water partition coefficient (Wildman–Crippen LogP) is 6.29. The van der Waals surface area contributed by atoms with Crippen molar-refractivity contribution >= 4 is 69.4 Å². The number of benzene rings is 2. The number of aryl methyl sites for hydroxylation is 2. The van der Waals surface area contributed by atoms with Crippen LogP contribution in [0.1, 0.15) is 21.1 Å². The lowest BCUT2D eigenvalue weighted by Crippen LogP contribution is -2.54. The Balaban J connectivity index is 1.61. The van der Waals surface area contributed by atoms with Gasteiger partial charge in [-0.3, -0.25) is 9.59 Å². The van der Waals surface area contributed by atoms with Crippen molar-refractivity contribution in [3.63, 3.8) is 0 Å². The van der Waals surface area contributed by atoms with Gasteiger partial charge in [0, 0.05) is 0 Å². The van der Waals surface area contributed by atoms with Crippen molar-refractivity contribution in [3.8, 4) is 11.5 Å². The fourth-order valence-corrected chi connectivity index (χ4v) is 7.26. The van der Waals surface area contributed by atoms with E-state index in [4.69, 9.17) is 0 Å². The maximum absolute atomic E-state index is 14.6. The summed E-state index contributed by atoms with van der Waals surface area (Å²) in [5, 5.41) is 41.8. The normalized spacial score (nSPS) is 12.3. The molecule has 0 aliphatic carbocycles. The number of phenolic OH excluding ortho intramolecular Hbond substituents is 2. The average Bonchev–Trinajstić information content (AvgIpc) is 3.55. The van der Waals surface area contributed by atoms with E-state index in [0.717, 1.165) is 23.5 Å². The Morgan fingerprint density at radius 2 is 1.09 bits per heavy atom. The van der Waals surface area contributed by atoms with Gasteiger partial charge in [0.1, 0.15) is 21.5 Å². The van der Waals surface area contributed by atoms with Crippen molar-refractivity contribution in [1.82, 2.24) is 20.4 Å². The topological polar surface area (TPSA) is 150 Å². The molecule has 0 spiro atoms. The number of thioether (sulfide) groups is 2. The molecule has 2 amide bonds. The molecule has 0 bridgehead atoms. The van der Waals surface area contributed by atoms with Crippen LogP contribution < -0.4 is 10.6 Å². The summed E-state index contributed by atoms with van der Waals surface area (Å²) in [6, 6.07) is 2.85. The van der Waals surface area contributed by atoms with E-state index < -0.39 is 63.6 Å². The molecule has 0 atom stereocenters. The van der Waals surface area contributed by atoms with E-state index in [1.54, 1.807) is 13.8 Å². The molecule has 20 heteroatoms. The summed E-state index contributed by atoms with van der Waals surface area (Å²) in [5.41, 5.74) is -8.46. The number of amides is 2. The van der Waals surface area contributed by atoms with Crippen LogP contribution in [0.2, 0.25) is 0 Å². The summed E-state index contributed by atoms with van der Waals surface area (Å²) in [5.74, 6) is -4.01. The zero-order valence-electron chi connectivity index (χ0n) is 22.8. The standard InChI is InChI=1S/C25H20F6N6O4S4/c1-11-34-36-21(44-11)42-9-19(40)32-15-5-3-13(7-17(15)38)23(24(26,27)28,25(29,30)31)14-4-6-16(18(39)8-14)33-20(41)10-43-22-37-35-12(2)45-22/h3-8,38-39H,9-10H2,1-2H3,(H,32,40)(H,33,41). The molecule has 0 aliphatic heterocycles. The monoisotopic (exact) mass is 710 g/mol. The Kier molecular flexibility index (Phi) is 10.2. The van der Waals surface area contributed by atoms with Crippen LogP contribution in [0.15, 0.2) is 45.1 Å². The lowest BCUT2D eigenvalue weighted by atomic mass is 9.72. The third kappa shape index (κ3) is 7.61. The Bertz CT molecular complexity index is 1590. The van der Waals surface area contributed by atoms with E-state index in [1.807, 2.05) is 0 Å². The second-order valence-electron chi connectivity index (χ2n) is 9.06. The highest BCUT2D eigenvalue weighted by atomic mass is 32.2. The minimum absolute atomic E-state index is 0.229. The third-order valence-corrected chi connectivity index (χ3v) is 9.87. The van der Waals surface area contributed by atoms with Gasteiger partial charge in [-0.15, -0.1) is 20.4 Å².